The maximum atomic E-state index is 11.7. The lowest BCUT2D eigenvalue weighted by Crippen LogP contribution is -2.32. The lowest BCUT2D eigenvalue weighted by molar-refractivity contribution is -0.121. The summed E-state index contributed by atoms with van der Waals surface area (Å²) in [5.74, 6) is 1.66. The van der Waals surface area contributed by atoms with Crippen molar-refractivity contribution in [2.75, 3.05) is 32.8 Å². The van der Waals surface area contributed by atoms with E-state index in [0.717, 1.165) is 36.6 Å². The molecule has 21 heavy (non-hydrogen) atoms. The Balaban J connectivity index is 1.69. The Labute approximate surface area is 126 Å². The number of ether oxygens (including phenoxy) is 2. The smallest absolute Gasteiger partial charge is 0.220 e. The minimum atomic E-state index is 0.0863. The normalized spacial score (nSPS) is 13.0. The van der Waals surface area contributed by atoms with Gasteiger partial charge in [-0.15, -0.1) is 0 Å². The number of nitrogens with one attached hydrogen (secondary N) is 2. The highest BCUT2D eigenvalue weighted by Crippen LogP contribution is 2.30. The summed E-state index contributed by atoms with van der Waals surface area (Å²) in [6.07, 6.45) is 2.32. The summed E-state index contributed by atoms with van der Waals surface area (Å²) in [5, 5.41) is 6.17. The predicted molar refractivity (Wildman–Crippen MR) is 81.9 cm³/mol. The molecule has 5 nitrogen and oxygen atoms in total. The molecule has 0 bridgehead atoms. The summed E-state index contributed by atoms with van der Waals surface area (Å²) in [6.45, 7) is 5.80. The van der Waals surface area contributed by atoms with Crippen molar-refractivity contribution in [3.05, 3.63) is 23.8 Å². The quantitative estimate of drug-likeness (QED) is 0.713. The van der Waals surface area contributed by atoms with Gasteiger partial charge < -0.3 is 20.1 Å². The molecule has 116 valence electrons. The Morgan fingerprint density at radius 1 is 1.14 bits per heavy atom. The van der Waals surface area contributed by atoms with Gasteiger partial charge in [0.05, 0.1) is 0 Å². The first-order chi connectivity index (χ1) is 10.3. The fourth-order valence-corrected chi connectivity index (χ4v) is 2.18. The molecule has 0 spiro atoms. The van der Waals surface area contributed by atoms with Gasteiger partial charge >= 0.3 is 0 Å². The molecule has 1 heterocycles. The van der Waals surface area contributed by atoms with E-state index in [4.69, 9.17) is 9.47 Å². The third-order valence-electron chi connectivity index (χ3n) is 3.30. The van der Waals surface area contributed by atoms with Gasteiger partial charge in [-0.3, -0.25) is 4.79 Å². The first-order valence-electron chi connectivity index (χ1n) is 7.65. The Bertz CT molecular complexity index is 463. The van der Waals surface area contributed by atoms with Gasteiger partial charge in [0.25, 0.3) is 0 Å². The van der Waals surface area contributed by atoms with E-state index < -0.39 is 0 Å². The monoisotopic (exact) mass is 292 g/mol. The van der Waals surface area contributed by atoms with Crippen LogP contribution in [0.15, 0.2) is 18.2 Å². The molecule has 1 amide bonds. The molecule has 0 unspecified atom stereocenters. The van der Waals surface area contributed by atoms with Crippen molar-refractivity contribution in [2.24, 2.45) is 0 Å². The minimum absolute atomic E-state index is 0.0863. The van der Waals surface area contributed by atoms with Crippen LogP contribution in [-0.2, 0) is 11.2 Å². The third-order valence-corrected chi connectivity index (χ3v) is 3.30. The van der Waals surface area contributed by atoms with Crippen LogP contribution < -0.4 is 20.1 Å². The second kappa shape index (κ2) is 8.52. The average Bonchev–Trinajstić information content (AvgIpc) is 2.52. The van der Waals surface area contributed by atoms with Crippen LogP contribution in [0.4, 0.5) is 0 Å². The maximum absolute atomic E-state index is 11.7. The molecule has 0 aliphatic carbocycles. The molecule has 0 saturated carbocycles. The van der Waals surface area contributed by atoms with Crippen molar-refractivity contribution in [3.8, 4) is 11.5 Å². The lowest BCUT2D eigenvalue weighted by Gasteiger charge is -2.18. The molecule has 1 aromatic rings. The van der Waals surface area contributed by atoms with E-state index in [0.29, 0.717) is 32.6 Å². The van der Waals surface area contributed by atoms with Gasteiger partial charge in [-0.05, 0) is 37.1 Å². The number of aryl methyl sites for hydroxylation is 1. The number of hydrogen-bond donors (Lipinski definition) is 2. The summed E-state index contributed by atoms with van der Waals surface area (Å²) in [7, 11) is 0. The number of rotatable bonds is 8. The van der Waals surface area contributed by atoms with E-state index in [1.54, 1.807) is 0 Å². The Kier molecular flexibility index (Phi) is 6.34. The zero-order valence-electron chi connectivity index (χ0n) is 12.6. The van der Waals surface area contributed by atoms with Crippen LogP contribution in [0.3, 0.4) is 0 Å². The molecular formula is C16H24N2O3. The molecule has 0 aromatic heterocycles. The van der Waals surface area contributed by atoms with Gasteiger partial charge in [0.15, 0.2) is 11.5 Å². The van der Waals surface area contributed by atoms with Gasteiger partial charge in [0.2, 0.25) is 5.91 Å². The highest BCUT2D eigenvalue weighted by atomic mass is 16.6. The number of carbonyl (C=O) groups excluding carboxylic acids is 1. The summed E-state index contributed by atoms with van der Waals surface area (Å²) < 4.78 is 11.0. The Hall–Kier alpha value is -1.75. The molecule has 1 aromatic carbocycles. The molecule has 2 rings (SSSR count). The topological polar surface area (TPSA) is 59.6 Å². The second-order valence-corrected chi connectivity index (χ2v) is 5.08. The standard InChI is InChI=1S/C16H24N2O3/c1-2-7-17-8-9-18-16(19)6-4-13-3-5-14-15(12-13)21-11-10-20-14/h3,5,12,17H,2,4,6-11H2,1H3,(H,18,19). The van der Waals surface area contributed by atoms with Gasteiger partial charge in [0.1, 0.15) is 13.2 Å². The van der Waals surface area contributed by atoms with Crippen molar-refractivity contribution in [2.45, 2.75) is 26.2 Å². The highest BCUT2D eigenvalue weighted by Gasteiger charge is 2.12. The van der Waals surface area contributed by atoms with Crippen LogP contribution in [0.2, 0.25) is 0 Å². The first-order valence-corrected chi connectivity index (χ1v) is 7.65. The molecule has 1 aliphatic rings. The van der Waals surface area contributed by atoms with Crippen LogP contribution in [0.1, 0.15) is 25.3 Å². The molecule has 2 N–H and O–H groups in total. The van der Waals surface area contributed by atoms with Gasteiger partial charge in [-0.1, -0.05) is 13.0 Å². The molecule has 0 fully saturated rings. The minimum Gasteiger partial charge on any atom is -0.486 e. The second-order valence-electron chi connectivity index (χ2n) is 5.08. The molecule has 1 aliphatic heterocycles. The summed E-state index contributed by atoms with van der Waals surface area (Å²) >= 11 is 0. The number of hydrogen-bond acceptors (Lipinski definition) is 4. The number of fused-ring (bicyclic) bond motifs is 1. The van der Waals surface area contributed by atoms with Crippen LogP contribution in [0.25, 0.3) is 0 Å². The summed E-state index contributed by atoms with van der Waals surface area (Å²) in [5.41, 5.74) is 1.10. The van der Waals surface area contributed by atoms with E-state index in [9.17, 15) is 4.79 Å². The first kappa shape index (κ1) is 15.6. The van der Waals surface area contributed by atoms with Crippen molar-refractivity contribution >= 4 is 5.91 Å². The van der Waals surface area contributed by atoms with Gasteiger partial charge in [0, 0.05) is 19.5 Å². The predicted octanol–water partition coefficient (Wildman–Crippen LogP) is 1.51. The molecular weight excluding hydrogens is 268 g/mol. The molecule has 0 radical (unpaired) electrons. The van der Waals surface area contributed by atoms with E-state index in [2.05, 4.69) is 17.6 Å². The zero-order chi connectivity index (χ0) is 14.9. The van der Waals surface area contributed by atoms with E-state index in [1.807, 2.05) is 18.2 Å². The highest BCUT2D eigenvalue weighted by molar-refractivity contribution is 5.76. The largest absolute Gasteiger partial charge is 0.486 e. The van der Waals surface area contributed by atoms with Crippen LogP contribution >= 0.6 is 0 Å². The van der Waals surface area contributed by atoms with E-state index >= 15 is 0 Å². The Morgan fingerprint density at radius 2 is 1.95 bits per heavy atom. The molecule has 5 heteroatoms. The van der Waals surface area contributed by atoms with Crippen molar-refractivity contribution in [1.29, 1.82) is 0 Å². The molecule has 0 saturated heterocycles. The lowest BCUT2D eigenvalue weighted by atomic mass is 10.1. The maximum Gasteiger partial charge on any atom is 0.220 e. The van der Waals surface area contributed by atoms with Crippen molar-refractivity contribution < 1.29 is 14.3 Å². The summed E-state index contributed by atoms with van der Waals surface area (Å²) in [6, 6.07) is 5.87. The van der Waals surface area contributed by atoms with Crippen LogP contribution in [0, 0.1) is 0 Å². The number of amides is 1. The van der Waals surface area contributed by atoms with Crippen LogP contribution in [-0.4, -0.2) is 38.8 Å². The number of benzene rings is 1. The van der Waals surface area contributed by atoms with E-state index in [1.165, 1.54) is 0 Å². The summed E-state index contributed by atoms with van der Waals surface area (Å²) in [4.78, 5) is 11.7. The van der Waals surface area contributed by atoms with Crippen molar-refractivity contribution in [3.63, 3.8) is 0 Å². The fourth-order valence-electron chi connectivity index (χ4n) is 2.18. The molecule has 0 atom stereocenters. The Morgan fingerprint density at radius 3 is 2.76 bits per heavy atom. The SMILES string of the molecule is CCCNCCNC(=O)CCc1ccc2c(c1)OCCO2. The van der Waals surface area contributed by atoms with Crippen molar-refractivity contribution in [1.82, 2.24) is 10.6 Å². The number of carbonyl (C=O) groups is 1. The third kappa shape index (κ3) is 5.27. The van der Waals surface area contributed by atoms with Gasteiger partial charge in [-0.25, -0.2) is 0 Å². The zero-order valence-corrected chi connectivity index (χ0v) is 12.6. The average molecular weight is 292 g/mol. The van der Waals surface area contributed by atoms with Crippen LogP contribution in [0.5, 0.6) is 11.5 Å². The van der Waals surface area contributed by atoms with E-state index in [-0.39, 0.29) is 5.91 Å². The fraction of sp³-hybridized carbons (Fsp3) is 0.562. The van der Waals surface area contributed by atoms with Gasteiger partial charge in [-0.2, -0.15) is 0 Å².